The van der Waals surface area contributed by atoms with Gasteiger partial charge in [0.1, 0.15) is 5.75 Å². The maximum Gasteiger partial charge on any atom is 0.311 e. The van der Waals surface area contributed by atoms with Gasteiger partial charge in [0, 0.05) is 10.5 Å². The van der Waals surface area contributed by atoms with Gasteiger partial charge in [0.05, 0.1) is 11.0 Å². The number of aryl methyl sites for hydroxylation is 1. The van der Waals surface area contributed by atoms with E-state index in [4.69, 9.17) is 4.74 Å². The van der Waals surface area contributed by atoms with Gasteiger partial charge in [-0.3, -0.25) is 10.1 Å². The van der Waals surface area contributed by atoms with Gasteiger partial charge in [-0.2, -0.15) is 0 Å². The zero-order valence-electron chi connectivity index (χ0n) is 11.5. The third-order valence-corrected chi connectivity index (χ3v) is 3.51. The molecule has 2 aromatic rings. The van der Waals surface area contributed by atoms with Crippen molar-refractivity contribution in [2.75, 3.05) is 0 Å². The molecule has 1 N–H and O–H groups in total. The zero-order valence-corrected chi connectivity index (χ0v) is 13.1. The minimum atomic E-state index is -0.771. The molecule has 5 nitrogen and oxygen atoms in total. The van der Waals surface area contributed by atoms with Gasteiger partial charge in [-0.1, -0.05) is 22.0 Å². The van der Waals surface area contributed by atoms with Gasteiger partial charge in [-0.25, -0.2) is 0 Å². The van der Waals surface area contributed by atoms with E-state index in [1.54, 1.807) is 25.1 Å². The van der Waals surface area contributed by atoms with Gasteiger partial charge in [-0.05, 0) is 49.2 Å². The van der Waals surface area contributed by atoms with Crippen LogP contribution in [0.3, 0.4) is 0 Å². The summed E-state index contributed by atoms with van der Waals surface area (Å²) >= 11 is 3.35. The highest BCUT2D eigenvalue weighted by molar-refractivity contribution is 9.10. The topological polar surface area (TPSA) is 72.6 Å². The van der Waals surface area contributed by atoms with Crippen LogP contribution in [-0.4, -0.2) is 10.0 Å². The summed E-state index contributed by atoms with van der Waals surface area (Å²) in [5, 5.41) is 20.7. The van der Waals surface area contributed by atoms with Crippen molar-refractivity contribution in [3.8, 4) is 11.5 Å². The number of halogens is 1. The Morgan fingerprint density at radius 1 is 1.24 bits per heavy atom. The fraction of sp³-hybridized carbons (Fsp3) is 0.200. The lowest BCUT2D eigenvalue weighted by molar-refractivity contribution is -0.385. The van der Waals surface area contributed by atoms with Crippen LogP contribution in [0.2, 0.25) is 0 Å². The van der Waals surface area contributed by atoms with Crippen LogP contribution in [-0.2, 0) is 0 Å². The number of hydrogen-bond acceptors (Lipinski definition) is 4. The highest BCUT2D eigenvalue weighted by atomic mass is 79.9. The first kappa shape index (κ1) is 15.5. The fourth-order valence-corrected chi connectivity index (χ4v) is 2.34. The van der Waals surface area contributed by atoms with E-state index < -0.39 is 11.0 Å². The lowest BCUT2D eigenvalue weighted by Gasteiger charge is -2.11. The summed E-state index contributed by atoms with van der Waals surface area (Å²) in [6.45, 7) is 3.41. The molecule has 0 amide bonds. The second-order valence-electron chi connectivity index (χ2n) is 4.67. The van der Waals surface area contributed by atoms with Crippen LogP contribution >= 0.6 is 15.9 Å². The van der Waals surface area contributed by atoms with Gasteiger partial charge < -0.3 is 9.84 Å². The van der Waals surface area contributed by atoms with E-state index in [0.29, 0.717) is 11.3 Å². The summed E-state index contributed by atoms with van der Waals surface area (Å²) in [5.41, 5.74) is 1.16. The van der Waals surface area contributed by atoms with Crippen LogP contribution in [0.15, 0.2) is 40.9 Å². The summed E-state index contributed by atoms with van der Waals surface area (Å²) in [7, 11) is 0. The minimum Gasteiger partial charge on any atom is -0.450 e. The van der Waals surface area contributed by atoms with Gasteiger partial charge in [0.15, 0.2) is 0 Å². The smallest absolute Gasteiger partial charge is 0.311 e. The van der Waals surface area contributed by atoms with Crippen LogP contribution in [0.4, 0.5) is 5.69 Å². The number of hydrogen-bond donors (Lipinski definition) is 1. The molecular formula is C15H14BrNO4. The quantitative estimate of drug-likeness (QED) is 0.649. The number of aliphatic hydroxyl groups excluding tert-OH is 1. The first-order chi connectivity index (χ1) is 9.88. The SMILES string of the molecule is Cc1cc(Br)ccc1Oc1ccc(C(C)O)cc1[N+](=O)[O-]. The molecule has 0 aromatic heterocycles. The molecule has 110 valence electrons. The number of nitro benzene ring substituents is 1. The Balaban J connectivity index is 2.41. The number of aliphatic hydroxyl groups is 1. The van der Waals surface area contributed by atoms with Gasteiger partial charge in [0.25, 0.3) is 0 Å². The molecule has 0 saturated heterocycles. The molecule has 0 bridgehead atoms. The van der Waals surface area contributed by atoms with E-state index in [1.165, 1.54) is 12.1 Å². The van der Waals surface area contributed by atoms with Crippen molar-refractivity contribution in [2.24, 2.45) is 0 Å². The molecule has 1 atom stereocenters. The molecule has 6 heteroatoms. The van der Waals surface area contributed by atoms with Gasteiger partial charge >= 0.3 is 5.69 Å². The molecule has 21 heavy (non-hydrogen) atoms. The van der Waals surface area contributed by atoms with Crippen molar-refractivity contribution >= 4 is 21.6 Å². The molecule has 0 aliphatic carbocycles. The monoisotopic (exact) mass is 351 g/mol. The molecule has 2 aromatic carbocycles. The van der Waals surface area contributed by atoms with Gasteiger partial charge in [-0.15, -0.1) is 0 Å². The van der Waals surface area contributed by atoms with E-state index in [9.17, 15) is 15.2 Å². The molecule has 0 saturated carbocycles. The molecule has 2 rings (SSSR count). The molecule has 0 fully saturated rings. The van der Waals surface area contributed by atoms with E-state index in [1.807, 2.05) is 13.0 Å². The molecule has 0 heterocycles. The number of rotatable bonds is 4. The molecular weight excluding hydrogens is 338 g/mol. The summed E-state index contributed by atoms with van der Waals surface area (Å²) in [6, 6.07) is 9.85. The van der Waals surface area contributed by atoms with Crippen LogP contribution in [0.25, 0.3) is 0 Å². The Bertz CT molecular complexity index is 685. The second kappa shape index (κ2) is 6.24. The predicted molar refractivity (Wildman–Crippen MR) is 82.7 cm³/mol. The van der Waals surface area contributed by atoms with Crippen LogP contribution in [0.5, 0.6) is 11.5 Å². The summed E-state index contributed by atoms with van der Waals surface area (Å²) in [4.78, 5) is 10.6. The lowest BCUT2D eigenvalue weighted by Crippen LogP contribution is -1.98. The molecule has 0 aliphatic rings. The Hall–Kier alpha value is -1.92. The van der Waals surface area contributed by atoms with E-state index >= 15 is 0 Å². The average molecular weight is 352 g/mol. The normalized spacial score (nSPS) is 12.0. The third kappa shape index (κ3) is 3.59. The average Bonchev–Trinajstić information content (AvgIpc) is 2.41. The Labute approximate surface area is 130 Å². The Morgan fingerprint density at radius 3 is 2.48 bits per heavy atom. The van der Waals surface area contributed by atoms with Gasteiger partial charge in [0.2, 0.25) is 5.75 Å². The maximum atomic E-state index is 11.2. The predicted octanol–water partition coefficient (Wildman–Crippen LogP) is 4.51. The van der Waals surface area contributed by atoms with Crippen LogP contribution < -0.4 is 4.74 Å². The van der Waals surface area contributed by atoms with Crippen molar-refractivity contribution in [3.63, 3.8) is 0 Å². The summed E-state index contributed by atoms with van der Waals surface area (Å²) < 4.78 is 6.56. The zero-order chi connectivity index (χ0) is 15.6. The fourth-order valence-electron chi connectivity index (χ4n) is 1.87. The number of benzene rings is 2. The molecule has 1 unspecified atom stereocenters. The van der Waals surface area contributed by atoms with Crippen molar-refractivity contribution in [1.29, 1.82) is 0 Å². The summed E-state index contributed by atoms with van der Waals surface area (Å²) in [5.74, 6) is 0.695. The first-order valence-corrected chi connectivity index (χ1v) is 7.08. The van der Waals surface area contributed by atoms with Crippen LogP contribution in [0, 0.1) is 17.0 Å². The van der Waals surface area contributed by atoms with Crippen molar-refractivity contribution in [2.45, 2.75) is 20.0 Å². The molecule has 0 radical (unpaired) electrons. The lowest BCUT2D eigenvalue weighted by atomic mass is 10.1. The minimum absolute atomic E-state index is 0.148. The van der Waals surface area contributed by atoms with E-state index in [2.05, 4.69) is 15.9 Å². The van der Waals surface area contributed by atoms with Crippen molar-refractivity contribution < 1.29 is 14.8 Å². The molecule has 0 aliphatic heterocycles. The van der Waals surface area contributed by atoms with E-state index in [0.717, 1.165) is 10.0 Å². The highest BCUT2D eigenvalue weighted by Gasteiger charge is 2.18. The van der Waals surface area contributed by atoms with Crippen molar-refractivity contribution in [3.05, 3.63) is 62.1 Å². The molecule has 0 spiro atoms. The van der Waals surface area contributed by atoms with E-state index in [-0.39, 0.29) is 11.4 Å². The second-order valence-corrected chi connectivity index (χ2v) is 5.59. The Morgan fingerprint density at radius 2 is 1.90 bits per heavy atom. The number of nitrogens with zero attached hydrogens (tertiary/aromatic N) is 1. The maximum absolute atomic E-state index is 11.2. The Kier molecular flexibility index (Phi) is 4.59. The number of ether oxygens (including phenoxy) is 1. The highest BCUT2D eigenvalue weighted by Crippen LogP contribution is 2.35. The largest absolute Gasteiger partial charge is 0.450 e. The van der Waals surface area contributed by atoms with Crippen LogP contribution in [0.1, 0.15) is 24.2 Å². The summed E-state index contributed by atoms with van der Waals surface area (Å²) in [6.07, 6.45) is -0.771. The van der Waals surface area contributed by atoms with Crippen molar-refractivity contribution in [1.82, 2.24) is 0 Å². The number of nitro groups is 1. The standard InChI is InChI=1S/C15H14BrNO4/c1-9-7-12(16)4-6-14(9)21-15-5-3-11(10(2)18)8-13(15)17(19)20/h3-8,10,18H,1-2H3. The first-order valence-electron chi connectivity index (χ1n) is 6.29. The third-order valence-electron chi connectivity index (χ3n) is 3.02.